The van der Waals surface area contributed by atoms with Gasteiger partial charge in [0, 0.05) is 25.5 Å². The Kier molecular flexibility index (Phi) is 4.53. The van der Waals surface area contributed by atoms with Crippen molar-refractivity contribution < 1.29 is 4.52 Å². The number of hydrogen-bond acceptors (Lipinski definition) is 6. The summed E-state index contributed by atoms with van der Waals surface area (Å²) in [6.45, 7) is 3.94. The van der Waals surface area contributed by atoms with Crippen molar-refractivity contribution in [2.45, 2.75) is 33.1 Å². The molecule has 138 valence electrons. The monoisotopic (exact) mass is 363 g/mol. The zero-order valence-corrected chi connectivity index (χ0v) is 15.6. The number of rotatable bonds is 6. The smallest absolute Gasteiger partial charge is 0.226 e. The van der Waals surface area contributed by atoms with Crippen molar-refractivity contribution in [1.82, 2.24) is 34.7 Å². The highest BCUT2D eigenvalue weighted by molar-refractivity contribution is 5.55. The first-order valence-corrected chi connectivity index (χ1v) is 8.89. The summed E-state index contributed by atoms with van der Waals surface area (Å²) in [5.74, 6) is 2.91. The Bertz CT molecular complexity index is 1060. The summed E-state index contributed by atoms with van der Waals surface area (Å²) in [6, 6.07) is 8.08. The van der Waals surface area contributed by atoms with Gasteiger partial charge in [-0.25, -0.2) is 9.67 Å². The van der Waals surface area contributed by atoms with Crippen LogP contribution in [-0.4, -0.2) is 34.7 Å². The lowest BCUT2D eigenvalue weighted by Crippen LogP contribution is -2.03. The summed E-state index contributed by atoms with van der Waals surface area (Å²) in [7, 11) is 1.88. The van der Waals surface area contributed by atoms with E-state index in [0.29, 0.717) is 18.1 Å². The highest BCUT2D eigenvalue weighted by atomic mass is 16.5. The molecule has 3 heterocycles. The van der Waals surface area contributed by atoms with Crippen molar-refractivity contribution in [2.75, 3.05) is 0 Å². The minimum atomic E-state index is 0.628. The molecular formula is C19H21N7O. The Morgan fingerprint density at radius 3 is 2.78 bits per heavy atom. The van der Waals surface area contributed by atoms with E-state index >= 15 is 0 Å². The molecule has 0 aliphatic rings. The summed E-state index contributed by atoms with van der Waals surface area (Å²) in [5.41, 5.74) is 3.05. The SMILES string of the molecule is Cc1cccc(-c2noc(CCCc3nc(C)nn3-c3cnn(C)c3)n2)c1. The Morgan fingerprint density at radius 1 is 1.11 bits per heavy atom. The van der Waals surface area contributed by atoms with Gasteiger partial charge in [0.25, 0.3) is 0 Å². The second kappa shape index (κ2) is 7.14. The average molecular weight is 363 g/mol. The van der Waals surface area contributed by atoms with Crippen molar-refractivity contribution in [1.29, 1.82) is 0 Å². The number of nitrogens with zero attached hydrogens (tertiary/aromatic N) is 7. The second-order valence-electron chi connectivity index (χ2n) is 6.59. The van der Waals surface area contributed by atoms with Gasteiger partial charge in [-0.05, 0) is 26.3 Å². The van der Waals surface area contributed by atoms with Crippen LogP contribution in [-0.2, 0) is 19.9 Å². The fourth-order valence-electron chi connectivity index (χ4n) is 3.00. The standard InChI is InChI=1S/C19H21N7O/c1-13-6-4-7-15(10-13)19-22-18(27-24-19)9-5-8-17-21-14(2)23-26(17)16-11-20-25(3)12-16/h4,6-7,10-12H,5,8-9H2,1-3H3. The van der Waals surface area contributed by atoms with Gasteiger partial charge in [-0.15, -0.1) is 0 Å². The Balaban J connectivity index is 1.42. The van der Waals surface area contributed by atoms with Crippen molar-refractivity contribution in [3.63, 3.8) is 0 Å². The largest absolute Gasteiger partial charge is 0.339 e. The third kappa shape index (κ3) is 3.79. The van der Waals surface area contributed by atoms with E-state index in [9.17, 15) is 0 Å². The first kappa shape index (κ1) is 17.1. The lowest BCUT2D eigenvalue weighted by Gasteiger charge is -2.01. The van der Waals surface area contributed by atoms with E-state index in [1.165, 1.54) is 5.56 Å². The summed E-state index contributed by atoms with van der Waals surface area (Å²) >= 11 is 0. The topological polar surface area (TPSA) is 87.5 Å². The second-order valence-corrected chi connectivity index (χ2v) is 6.59. The molecule has 0 saturated carbocycles. The van der Waals surface area contributed by atoms with Gasteiger partial charge >= 0.3 is 0 Å². The first-order valence-electron chi connectivity index (χ1n) is 8.89. The van der Waals surface area contributed by atoms with Crippen LogP contribution >= 0.6 is 0 Å². The molecule has 4 rings (SSSR count). The van der Waals surface area contributed by atoms with Gasteiger partial charge in [0.2, 0.25) is 11.7 Å². The van der Waals surface area contributed by atoms with Gasteiger partial charge in [-0.2, -0.15) is 15.2 Å². The van der Waals surface area contributed by atoms with E-state index in [-0.39, 0.29) is 0 Å². The van der Waals surface area contributed by atoms with E-state index in [1.807, 2.05) is 56.0 Å². The lowest BCUT2D eigenvalue weighted by atomic mass is 10.1. The van der Waals surface area contributed by atoms with Crippen molar-refractivity contribution in [3.8, 4) is 17.1 Å². The molecule has 0 N–H and O–H groups in total. The van der Waals surface area contributed by atoms with Crippen LogP contribution in [0.5, 0.6) is 0 Å². The minimum Gasteiger partial charge on any atom is -0.339 e. The highest BCUT2D eigenvalue weighted by Crippen LogP contribution is 2.18. The maximum Gasteiger partial charge on any atom is 0.226 e. The van der Waals surface area contributed by atoms with Crippen molar-refractivity contribution in [2.24, 2.45) is 7.05 Å². The summed E-state index contributed by atoms with van der Waals surface area (Å²) in [6.07, 6.45) is 6.00. The summed E-state index contributed by atoms with van der Waals surface area (Å²) in [5, 5.41) is 12.8. The van der Waals surface area contributed by atoms with Crippen molar-refractivity contribution >= 4 is 0 Å². The van der Waals surface area contributed by atoms with Crippen LogP contribution < -0.4 is 0 Å². The van der Waals surface area contributed by atoms with E-state index in [4.69, 9.17) is 4.52 Å². The van der Waals surface area contributed by atoms with Crippen LogP contribution in [0.15, 0.2) is 41.2 Å². The molecule has 0 bridgehead atoms. The normalized spacial score (nSPS) is 11.2. The molecule has 3 aromatic heterocycles. The van der Waals surface area contributed by atoms with E-state index in [1.54, 1.807) is 10.9 Å². The number of benzene rings is 1. The van der Waals surface area contributed by atoms with Gasteiger partial charge in [-0.1, -0.05) is 28.9 Å². The van der Waals surface area contributed by atoms with Gasteiger partial charge in [0.05, 0.1) is 12.4 Å². The third-order valence-corrected chi connectivity index (χ3v) is 4.25. The Morgan fingerprint density at radius 2 is 2.00 bits per heavy atom. The molecule has 0 aliphatic heterocycles. The molecule has 0 unspecified atom stereocenters. The van der Waals surface area contributed by atoms with E-state index < -0.39 is 0 Å². The zero-order chi connectivity index (χ0) is 18.8. The predicted octanol–water partition coefficient (Wildman–Crippen LogP) is 2.84. The molecule has 1 aromatic carbocycles. The third-order valence-electron chi connectivity index (χ3n) is 4.25. The predicted molar refractivity (Wildman–Crippen MR) is 99.4 cm³/mol. The fraction of sp³-hybridized carbons (Fsp3) is 0.316. The number of aromatic nitrogens is 7. The molecule has 0 radical (unpaired) electrons. The number of aryl methyl sites for hydroxylation is 5. The molecular weight excluding hydrogens is 342 g/mol. The van der Waals surface area contributed by atoms with Gasteiger partial charge in [0.1, 0.15) is 17.3 Å². The van der Waals surface area contributed by atoms with Crippen LogP contribution in [0.2, 0.25) is 0 Å². The molecule has 4 aromatic rings. The highest BCUT2D eigenvalue weighted by Gasteiger charge is 2.13. The quantitative estimate of drug-likeness (QED) is 0.523. The molecule has 0 amide bonds. The van der Waals surface area contributed by atoms with Crippen LogP contribution in [0.1, 0.15) is 29.5 Å². The summed E-state index contributed by atoms with van der Waals surface area (Å²) < 4.78 is 9.00. The maximum atomic E-state index is 5.40. The van der Waals surface area contributed by atoms with Gasteiger partial charge in [0.15, 0.2) is 0 Å². The van der Waals surface area contributed by atoms with Crippen LogP contribution in [0.4, 0.5) is 0 Å². The molecule has 0 saturated heterocycles. The maximum absolute atomic E-state index is 5.40. The lowest BCUT2D eigenvalue weighted by molar-refractivity contribution is 0.375. The van der Waals surface area contributed by atoms with Crippen LogP contribution in [0.25, 0.3) is 17.1 Å². The molecule has 0 aliphatic carbocycles. The van der Waals surface area contributed by atoms with Gasteiger partial charge < -0.3 is 4.52 Å². The molecule has 0 spiro atoms. The molecule has 27 heavy (non-hydrogen) atoms. The molecule has 8 heteroatoms. The zero-order valence-electron chi connectivity index (χ0n) is 15.6. The molecule has 0 atom stereocenters. The number of hydrogen-bond donors (Lipinski definition) is 0. The van der Waals surface area contributed by atoms with Crippen LogP contribution in [0.3, 0.4) is 0 Å². The van der Waals surface area contributed by atoms with E-state index in [2.05, 4.69) is 25.3 Å². The molecule has 0 fully saturated rings. The van der Waals surface area contributed by atoms with Crippen LogP contribution in [0, 0.1) is 13.8 Å². The first-order chi connectivity index (χ1) is 13.1. The fourth-order valence-corrected chi connectivity index (χ4v) is 3.00. The minimum absolute atomic E-state index is 0.628. The Hall–Kier alpha value is -3.29. The van der Waals surface area contributed by atoms with E-state index in [0.717, 1.165) is 35.7 Å². The summed E-state index contributed by atoms with van der Waals surface area (Å²) in [4.78, 5) is 9.05. The average Bonchev–Trinajstić information content (AvgIpc) is 3.35. The van der Waals surface area contributed by atoms with Crippen molar-refractivity contribution in [3.05, 3.63) is 59.8 Å². The van der Waals surface area contributed by atoms with Gasteiger partial charge in [-0.3, -0.25) is 4.68 Å². The Labute approximate surface area is 156 Å². The molecule has 8 nitrogen and oxygen atoms in total.